The van der Waals surface area contributed by atoms with Gasteiger partial charge in [-0.25, -0.2) is 0 Å². The van der Waals surface area contributed by atoms with E-state index in [9.17, 15) is 4.79 Å². The number of piperidine rings is 2. The molecule has 2 unspecified atom stereocenters. The number of nitrogens with one attached hydrogen (secondary N) is 1. The standard InChI is InChI=1S/C16H31N3O2/c1-18-8-3-2-6-15(18)7-10-19-9-4-5-14(13-19)11-17-12-16(20)21/h14-15,17H,2-13H2,1H3,(H,20,21). The lowest BCUT2D eigenvalue weighted by atomic mass is 9.96. The van der Waals surface area contributed by atoms with E-state index >= 15 is 0 Å². The second-order valence-corrected chi connectivity index (χ2v) is 6.75. The highest BCUT2D eigenvalue weighted by atomic mass is 16.4. The second kappa shape index (κ2) is 8.71. The Balaban J connectivity index is 1.65. The van der Waals surface area contributed by atoms with Gasteiger partial charge < -0.3 is 20.2 Å². The van der Waals surface area contributed by atoms with E-state index in [1.54, 1.807) is 0 Å². The number of aliphatic carboxylic acids is 1. The van der Waals surface area contributed by atoms with Gasteiger partial charge in [0.2, 0.25) is 0 Å². The van der Waals surface area contributed by atoms with Gasteiger partial charge in [0.15, 0.2) is 0 Å². The summed E-state index contributed by atoms with van der Waals surface area (Å²) in [5.74, 6) is -0.148. The predicted octanol–water partition coefficient (Wildman–Crippen LogP) is 1.25. The highest BCUT2D eigenvalue weighted by Gasteiger charge is 2.23. The minimum atomic E-state index is -0.761. The molecule has 0 radical (unpaired) electrons. The normalized spacial score (nSPS) is 28.6. The first-order valence-electron chi connectivity index (χ1n) is 8.50. The van der Waals surface area contributed by atoms with Crippen molar-refractivity contribution in [3.63, 3.8) is 0 Å². The molecule has 2 atom stereocenters. The van der Waals surface area contributed by atoms with Crippen LogP contribution in [-0.2, 0) is 4.79 Å². The summed E-state index contributed by atoms with van der Waals surface area (Å²) in [6, 6.07) is 0.768. The molecule has 0 saturated carbocycles. The molecule has 2 aliphatic rings. The van der Waals surface area contributed by atoms with E-state index in [4.69, 9.17) is 5.11 Å². The molecule has 0 aromatic heterocycles. The van der Waals surface area contributed by atoms with Crippen LogP contribution in [-0.4, -0.2) is 73.2 Å². The quantitative estimate of drug-likeness (QED) is 0.741. The fourth-order valence-corrected chi connectivity index (χ4v) is 3.74. The molecule has 2 rings (SSSR count). The monoisotopic (exact) mass is 297 g/mol. The van der Waals surface area contributed by atoms with Gasteiger partial charge in [0, 0.05) is 12.6 Å². The van der Waals surface area contributed by atoms with Gasteiger partial charge in [-0.05, 0) is 71.2 Å². The number of carboxylic acids is 1. The summed E-state index contributed by atoms with van der Waals surface area (Å²) in [6.07, 6.45) is 7.86. The summed E-state index contributed by atoms with van der Waals surface area (Å²) in [4.78, 5) is 15.6. The molecule has 122 valence electrons. The first kappa shape index (κ1) is 16.7. The van der Waals surface area contributed by atoms with Crippen LogP contribution in [0.3, 0.4) is 0 Å². The van der Waals surface area contributed by atoms with Gasteiger partial charge in [-0.1, -0.05) is 6.42 Å². The Morgan fingerprint density at radius 3 is 2.86 bits per heavy atom. The Hall–Kier alpha value is -0.650. The largest absolute Gasteiger partial charge is 0.480 e. The molecule has 5 nitrogen and oxygen atoms in total. The highest BCUT2D eigenvalue weighted by Crippen LogP contribution is 2.20. The number of rotatable bonds is 7. The number of carboxylic acid groups (broad SMARTS) is 1. The minimum Gasteiger partial charge on any atom is -0.480 e. The molecule has 5 heteroatoms. The molecule has 2 aliphatic heterocycles. The summed E-state index contributed by atoms with van der Waals surface area (Å²) in [7, 11) is 2.26. The van der Waals surface area contributed by atoms with Crippen LogP contribution >= 0.6 is 0 Å². The Bertz CT molecular complexity index is 325. The molecule has 0 amide bonds. The van der Waals surface area contributed by atoms with Crippen molar-refractivity contribution in [2.45, 2.75) is 44.6 Å². The first-order chi connectivity index (χ1) is 10.1. The number of likely N-dealkylation sites (tertiary alicyclic amines) is 2. The van der Waals surface area contributed by atoms with Gasteiger partial charge in [0.1, 0.15) is 0 Å². The fraction of sp³-hybridized carbons (Fsp3) is 0.938. The third kappa shape index (κ3) is 5.93. The maximum atomic E-state index is 10.5. The maximum Gasteiger partial charge on any atom is 0.317 e. The van der Waals surface area contributed by atoms with Crippen molar-refractivity contribution in [2.24, 2.45) is 5.92 Å². The molecule has 2 N–H and O–H groups in total. The predicted molar refractivity (Wildman–Crippen MR) is 84.6 cm³/mol. The van der Waals surface area contributed by atoms with Crippen LogP contribution in [0.25, 0.3) is 0 Å². The first-order valence-corrected chi connectivity index (χ1v) is 8.50. The van der Waals surface area contributed by atoms with E-state index in [-0.39, 0.29) is 6.54 Å². The molecule has 0 spiro atoms. The second-order valence-electron chi connectivity index (χ2n) is 6.75. The third-order valence-electron chi connectivity index (χ3n) is 5.01. The molecular weight excluding hydrogens is 266 g/mol. The Labute approximate surface area is 128 Å². The van der Waals surface area contributed by atoms with Crippen molar-refractivity contribution in [1.29, 1.82) is 0 Å². The van der Waals surface area contributed by atoms with Crippen LogP contribution in [0.1, 0.15) is 38.5 Å². The lowest BCUT2D eigenvalue weighted by Gasteiger charge is -2.37. The summed E-state index contributed by atoms with van der Waals surface area (Å²) in [5.41, 5.74) is 0. The lowest BCUT2D eigenvalue weighted by molar-refractivity contribution is -0.136. The Kier molecular flexibility index (Phi) is 6.93. The van der Waals surface area contributed by atoms with Crippen molar-refractivity contribution in [3.05, 3.63) is 0 Å². The van der Waals surface area contributed by atoms with Gasteiger partial charge in [0.25, 0.3) is 0 Å². The molecular formula is C16H31N3O2. The minimum absolute atomic E-state index is 0.0867. The van der Waals surface area contributed by atoms with Crippen LogP contribution in [0.4, 0.5) is 0 Å². The average Bonchev–Trinajstić information content (AvgIpc) is 2.46. The zero-order valence-electron chi connectivity index (χ0n) is 13.4. The number of nitrogens with zero attached hydrogens (tertiary/aromatic N) is 2. The van der Waals surface area contributed by atoms with E-state index in [2.05, 4.69) is 22.2 Å². The SMILES string of the molecule is CN1CCCCC1CCN1CCCC(CNCC(=O)O)C1. The van der Waals surface area contributed by atoms with Crippen LogP contribution in [0.2, 0.25) is 0 Å². The van der Waals surface area contributed by atoms with E-state index in [1.165, 1.54) is 58.2 Å². The molecule has 0 aliphatic carbocycles. The maximum absolute atomic E-state index is 10.5. The van der Waals surface area contributed by atoms with E-state index in [0.29, 0.717) is 5.92 Å². The number of carbonyl (C=O) groups is 1. The molecule has 2 heterocycles. The van der Waals surface area contributed by atoms with Gasteiger partial charge >= 0.3 is 5.97 Å². The topological polar surface area (TPSA) is 55.8 Å². The van der Waals surface area contributed by atoms with Crippen LogP contribution < -0.4 is 5.32 Å². The molecule has 2 saturated heterocycles. The molecule has 0 bridgehead atoms. The summed E-state index contributed by atoms with van der Waals surface area (Å²) in [6.45, 7) is 5.72. The summed E-state index contributed by atoms with van der Waals surface area (Å²) < 4.78 is 0. The van der Waals surface area contributed by atoms with Crippen molar-refractivity contribution in [3.8, 4) is 0 Å². The molecule has 21 heavy (non-hydrogen) atoms. The van der Waals surface area contributed by atoms with E-state index < -0.39 is 5.97 Å². The van der Waals surface area contributed by atoms with Gasteiger partial charge in [-0.3, -0.25) is 4.79 Å². The van der Waals surface area contributed by atoms with Gasteiger partial charge in [-0.2, -0.15) is 0 Å². The zero-order valence-corrected chi connectivity index (χ0v) is 13.4. The smallest absolute Gasteiger partial charge is 0.317 e. The van der Waals surface area contributed by atoms with E-state index in [0.717, 1.165) is 19.1 Å². The molecule has 0 aromatic rings. The van der Waals surface area contributed by atoms with Crippen LogP contribution in [0.5, 0.6) is 0 Å². The van der Waals surface area contributed by atoms with Gasteiger partial charge in [-0.15, -0.1) is 0 Å². The average molecular weight is 297 g/mol. The summed E-state index contributed by atoms with van der Waals surface area (Å²) >= 11 is 0. The van der Waals surface area contributed by atoms with Gasteiger partial charge in [0.05, 0.1) is 6.54 Å². The van der Waals surface area contributed by atoms with Crippen molar-refractivity contribution in [1.82, 2.24) is 15.1 Å². The van der Waals surface area contributed by atoms with Crippen molar-refractivity contribution in [2.75, 3.05) is 46.3 Å². The van der Waals surface area contributed by atoms with Crippen molar-refractivity contribution >= 4 is 5.97 Å². The van der Waals surface area contributed by atoms with E-state index in [1.807, 2.05) is 0 Å². The molecule has 2 fully saturated rings. The zero-order chi connectivity index (χ0) is 15.1. The van der Waals surface area contributed by atoms with Crippen LogP contribution in [0, 0.1) is 5.92 Å². The third-order valence-corrected chi connectivity index (χ3v) is 5.01. The number of hydrogen-bond acceptors (Lipinski definition) is 4. The van der Waals surface area contributed by atoms with Crippen molar-refractivity contribution < 1.29 is 9.90 Å². The lowest BCUT2D eigenvalue weighted by Crippen LogP contribution is -2.43. The highest BCUT2D eigenvalue weighted by molar-refractivity contribution is 5.68. The Morgan fingerprint density at radius 2 is 2.10 bits per heavy atom. The number of hydrogen-bond donors (Lipinski definition) is 2. The molecule has 0 aromatic carbocycles. The Morgan fingerprint density at radius 1 is 1.24 bits per heavy atom. The summed E-state index contributed by atoms with van der Waals surface area (Å²) in [5, 5.41) is 11.7. The fourth-order valence-electron chi connectivity index (χ4n) is 3.74. The van der Waals surface area contributed by atoms with Crippen LogP contribution in [0.15, 0.2) is 0 Å².